The Bertz CT molecular complexity index is 781. The molecule has 0 aliphatic carbocycles. The van der Waals surface area contributed by atoms with E-state index >= 15 is 0 Å². The number of benzene rings is 2. The van der Waals surface area contributed by atoms with Gasteiger partial charge < -0.3 is 14.8 Å². The van der Waals surface area contributed by atoms with Crippen LogP contribution in [0.5, 0.6) is 5.75 Å². The van der Waals surface area contributed by atoms with E-state index in [1.165, 1.54) is 16.7 Å². The predicted molar refractivity (Wildman–Crippen MR) is 113 cm³/mol. The van der Waals surface area contributed by atoms with Crippen LogP contribution in [0.25, 0.3) is 0 Å². The number of hydrogen-bond donors (Lipinski definition) is 1. The molecule has 0 radical (unpaired) electrons. The molecule has 1 N–H and O–H groups in total. The molecule has 150 valence electrons. The number of ether oxygens (including phenoxy) is 2. The van der Waals surface area contributed by atoms with Crippen LogP contribution in [-0.4, -0.2) is 44.8 Å². The second kappa shape index (κ2) is 8.24. The molecular formula is C24H32N2O2. The third kappa shape index (κ3) is 3.95. The van der Waals surface area contributed by atoms with Gasteiger partial charge in [-0.05, 0) is 35.2 Å². The lowest BCUT2D eigenvalue weighted by atomic mass is 9.78. The molecule has 4 heteroatoms. The van der Waals surface area contributed by atoms with E-state index in [-0.39, 0.29) is 11.5 Å². The van der Waals surface area contributed by atoms with Crippen molar-refractivity contribution in [2.24, 2.45) is 0 Å². The number of hydrogen-bond acceptors (Lipinski definition) is 4. The van der Waals surface area contributed by atoms with Crippen molar-refractivity contribution in [2.75, 3.05) is 39.9 Å². The van der Waals surface area contributed by atoms with Crippen molar-refractivity contribution in [3.8, 4) is 5.75 Å². The maximum Gasteiger partial charge on any atom is 0.118 e. The second-order valence-corrected chi connectivity index (χ2v) is 8.58. The van der Waals surface area contributed by atoms with Gasteiger partial charge in [-0.25, -0.2) is 0 Å². The summed E-state index contributed by atoms with van der Waals surface area (Å²) in [4.78, 5) is 2.60. The van der Waals surface area contributed by atoms with E-state index < -0.39 is 0 Å². The lowest BCUT2D eigenvalue weighted by Crippen LogP contribution is -2.45. The number of rotatable bonds is 5. The average molecular weight is 381 g/mol. The molecule has 1 saturated heterocycles. The van der Waals surface area contributed by atoms with Gasteiger partial charge in [0.2, 0.25) is 0 Å². The quantitative estimate of drug-likeness (QED) is 0.847. The minimum absolute atomic E-state index is 0.0672. The fourth-order valence-electron chi connectivity index (χ4n) is 4.58. The van der Waals surface area contributed by atoms with Crippen LogP contribution in [0.3, 0.4) is 0 Å². The monoisotopic (exact) mass is 380 g/mol. The summed E-state index contributed by atoms with van der Waals surface area (Å²) >= 11 is 0. The molecule has 2 atom stereocenters. The maximum atomic E-state index is 6.44. The van der Waals surface area contributed by atoms with Crippen LogP contribution in [0.15, 0.2) is 48.5 Å². The van der Waals surface area contributed by atoms with Crippen LogP contribution in [-0.2, 0) is 10.2 Å². The first-order valence-electron chi connectivity index (χ1n) is 10.4. The molecule has 4 rings (SSSR count). The van der Waals surface area contributed by atoms with Crippen molar-refractivity contribution in [1.82, 2.24) is 10.2 Å². The maximum absolute atomic E-state index is 6.44. The summed E-state index contributed by atoms with van der Waals surface area (Å²) < 4.78 is 11.8. The van der Waals surface area contributed by atoms with E-state index in [0.29, 0.717) is 6.04 Å². The lowest BCUT2D eigenvalue weighted by Gasteiger charge is -2.41. The Hall–Kier alpha value is -1.88. The molecule has 2 aromatic carbocycles. The van der Waals surface area contributed by atoms with Gasteiger partial charge >= 0.3 is 0 Å². The van der Waals surface area contributed by atoms with Gasteiger partial charge in [-0.15, -0.1) is 0 Å². The van der Waals surface area contributed by atoms with Crippen molar-refractivity contribution in [1.29, 1.82) is 0 Å². The van der Waals surface area contributed by atoms with Crippen LogP contribution in [0.4, 0.5) is 0 Å². The Kier molecular flexibility index (Phi) is 5.72. The van der Waals surface area contributed by atoms with E-state index in [4.69, 9.17) is 9.47 Å². The summed E-state index contributed by atoms with van der Waals surface area (Å²) in [6.07, 6.45) is 1.10. The molecule has 0 saturated carbocycles. The zero-order chi connectivity index (χ0) is 19.6. The highest BCUT2D eigenvalue weighted by molar-refractivity contribution is 5.37. The minimum atomic E-state index is 0.0672. The Balaban J connectivity index is 1.63. The Morgan fingerprint density at radius 1 is 1.11 bits per heavy atom. The largest absolute Gasteiger partial charge is 0.497 e. The Labute approximate surface area is 168 Å². The highest BCUT2D eigenvalue weighted by Gasteiger charge is 2.35. The normalized spacial score (nSPS) is 23.0. The van der Waals surface area contributed by atoms with Gasteiger partial charge in [0, 0.05) is 37.6 Å². The van der Waals surface area contributed by atoms with Crippen molar-refractivity contribution in [3.05, 3.63) is 65.2 Å². The zero-order valence-electron chi connectivity index (χ0n) is 17.3. The summed E-state index contributed by atoms with van der Waals surface area (Å²) in [5.74, 6) is 0.906. The summed E-state index contributed by atoms with van der Waals surface area (Å²) in [6.45, 7) is 9.54. The first-order chi connectivity index (χ1) is 13.6. The summed E-state index contributed by atoms with van der Waals surface area (Å²) in [5, 5.41) is 3.48. The Morgan fingerprint density at radius 3 is 2.54 bits per heavy atom. The van der Waals surface area contributed by atoms with E-state index in [2.05, 4.69) is 72.6 Å². The molecule has 28 heavy (non-hydrogen) atoms. The van der Waals surface area contributed by atoms with Crippen molar-refractivity contribution in [2.45, 2.75) is 37.8 Å². The van der Waals surface area contributed by atoms with Crippen LogP contribution in [0, 0.1) is 0 Å². The lowest BCUT2D eigenvalue weighted by molar-refractivity contribution is -0.0157. The summed E-state index contributed by atoms with van der Waals surface area (Å²) in [6, 6.07) is 17.7. The average Bonchev–Trinajstić information content (AvgIpc) is 2.74. The van der Waals surface area contributed by atoms with E-state index in [1.807, 2.05) is 0 Å². The van der Waals surface area contributed by atoms with Gasteiger partial charge in [0.05, 0.1) is 19.8 Å². The topological polar surface area (TPSA) is 33.7 Å². The second-order valence-electron chi connectivity index (χ2n) is 8.58. The summed E-state index contributed by atoms with van der Waals surface area (Å²) in [5.41, 5.74) is 4.19. The SMILES string of the molecule is COc1ccc(C(CC2OCC(C)(C)c3ccccc32)N2CCNCC2)cc1. The third-order valence-corrected chi connectivity index (χ3v) is 6.21. The summed E-state index contributed by atoms with van der Waals surface area (Å²) in [7, 11) is 1.72. The number of fused-ring (bicyclic) bond motifs is 1. The molecule has 2 heterocycles. The van der Waals surface area contributed by atoms with Gasteiger partial charge in [-0.3, -0.25) is 4.90 Å². The minimum Gasteiger partial charge on any atom is -0.497 e. The first kappa shape index (κ1) is 19.4. The van der Waals surface area contributed by atoms with Crippen molar-refractivity contribution in [3.63, 3.8) is 0 Å². The third-order valence-electron chi connectivity index (χ3n) is 6.21. The number of nitrogens with zero attached hydrogens (tertiary/aromatic N) is 1. The molecule has 0 spiro atoms. The molecule has 2 aromatic rings. The molecule has 0 bridgehead atoms. The molecule has 0 aromatic heterocycles. The predicted octanol–water partition coefficient (Wildman–Crippen LogP) is 4.08. The molecule has 4 nitrogen and oxygen atoms in total. The standard InChI is InChI=1S/C24H32N2O2/c1-24(2)17-28-23(20-6-4-5-7-21(20)24)16-22(26-14-12-25-13-15-26)18-8-10-19(27-3)11-9-18/h4-11,22-23,25H,12-17H2,1-3H3. The van der Waals surface area contributed by atoms with Crippen LogP contribution >= 0.6 is 0 Å². The Morgan fingerprint density at radius 2 is 1.82 bits per heavy atom. The highest BCUT2D eigenvalue weighted by Crippen LogP contribution is 2.42. The smallest absolute Gasteiger partial charge is 0.118 e. The van der Waals surface area contributed by atoms with E-state index in [9.17, 15) is 0 Å². The molecule has 2 unspecified atom stereocenters. The van der Waals surface area contributed by atoms with Gasteiger partial charge in [0.15, 0.2) is 0 Å². The van der Waals surface area contributed by atoms with Crippen molar-refractivity contribution >= 4 is 0 Å². The van der Waals surface area contributed by atoms with Crippen LogP contribution in [0.2, 0.25) is 0 Å². The molecule has 2 aliphatic heterocycles. The fourth-order valence-corrected chi connectivity index (χ4v) is 4.58. The van der Waals surface area contributed by atoms with E-state index in [0.717, 1.165) is 45.0 Å². The number of nitrogens with one attached hydrogen (secondary N) is 1. The molecule has 2 aliphatic rings. The van der Waals surface area contributed by atoms with Crippen molar-refractivity contribution < 1.29 is 9.47 Å². The van der Waals surface area contributed by atoms with Gasteiger partial charge in [-0.2, -0.15) is 0 Å². The van der Waals surface area contributed by atoms with E-state index in [1.54, 1.807) is 7.11 Å². The molecule has 0 amide bonds. The molecule has 1 fully saturated rings. The van der Waals surface area contributed by atoms with Crippen LogP contribution in [0.1, 0.15) is 49.1 Å². The zero-order valence-corrected chi connectivity index (χ0v) is 17.3. The highest BCUT2D eigenvalue weighted by atomic mass is 16.5. The van der Waals surface area contributed by atoms with Gasteiger partial charge in [-0.1, -0.05) is 50.2 Å². The number of methoxy groups -OCH3 is 1. The fraction of sp³-hybridized carbons (Fsp3) is 0.500. The first-order valence-corrected chi connectivity index (χ1v) is 10.4. The number of piperazine rings is 1. The van der Waals surface area contributed by atoms with Gasteiger partial charge in [0.25, 0.3) is 0 Å². The molecular weight excluding hydrogens is 348 g/mol. The van der Waals surface area contributed by atoms with Crippen LogP contribution < -0.4 is 10.1 Å². The van der Waals surface area contributed by atoms with Gasteiger partial charge in [0.1, 0.15) is 5.75 Å².